The molecule has 0 radical (unpaired) electrons. The summed E-state index contributed by atoms with van der Waals surface area (Å²) in [4.78, 5) is 8.55. The van der Waals surface area contributed by atoms with Crippen LogP contribution >= 0.6 is 0 Å². The van der Waals surface area contributed by atoms with Crippen LogP contribution in [0.4, 0.5) is 5.82 Å². The monoisotopic (exact) mass is 307 g/mol. The Morgan fingerprint density at radius 2 is 2.14 bits per heavy atom. The van der Waals surface area contributed by atoms with E-state index in [1.807, 2.05) is 13.1 Å². The van der Waals surface area contributed by atoms with Crippen LogP contribution in [0.2, 0.25) is 0 Å². The first kappa shape index (κ1) is 15.2. The van der Waals surface area contributed by atoms with Crippen molar-refractivity contribution in [2.75, 3.05) is 18.9 Å². The lowest BCUT2D eigenvalue weighted by Gasteiger charge is -2.17. The van der Waals surface area contributed by atoms with Gasteiger partial charge < -0.3 is 30.6 Å². The van der Waals surface area contributed by atoms with Crippen molar-refractivity contribution in [1.82, 2.24) is 14.5 Å². The number of aromatic nitrogens is 3. The number of rotatable bonds is 4. The van der Waals surface area contributed by atoms with Gasteiger partial charge in [-0.3, -0.25) is 0 Å². The Morgan fingerprint density at radius 3 is 2.73 bits per heavy atom. The number of aliphatic hydroxyl groups is 2. The maximum Gasteiger partial charge on any atom is 0.164 e. The van der Waals surface area contributed by atoms with E-state index < -0.39 is 24.5 Å². The first-order valence-corrected chi connectivity index (χ1v) is 7.36. The number of nitrogens with two attached hydrogens (primary N) is 1. The zero-order valence-electron chi connectivity index (χ0n) is 12.6. The number of anilines is 1. The zero-order chi connectivity index (χ0) is 15.9. The minimum absolute atomic E-state index is 0.144. The van der Waals surface area contributed by atoms with Crippen molar-refractivity contribution in [3.63, 3.8) is 0 Å². The third-order valence-electron chi connectivity index (χ3n) is 4.15. The molecule has 4 atom stereocenters. The standard InChI is InChI=1S/C14H21N5O3/c1-3-7-5-19(13-9(7)12(16-2)17-6-18-13)14-11(21)10(20)8(4-15)22-14/h5-6,8,10-11,14,20-21H,3-4,15H2,1-2H3,(H,16,17,18)/t8-,10-,11-,14-/m1/s1. The summed E-state index contributed by atoms with van der Waals surface area (Å²) in [5, 5.41) is 24.2. The second-order valence-electron chi connectivity index (χ2n) is 5.37. The van der Waals surface area contributed by atoms with Crippen molar-refractivity contribution >= 4 is 16.9 Å². The van der Waals surface area contributed by atoms with E-state index in [2.05, 4.69) is 15.3 Å². The highest BCUT2D eigenvalue weighted by molar-refractivity contribution is 5.90. The van der Waals surface area contributed by atoms with Gasteiger partial charge in [-0.15, -0.1) is 0 Å². The summed E-state index contributed by atoms with van der Waals surface area (Å²) in [6.45, 7) is 2.18. The number of aliphatic hydroxyl groups excluding tert-OH is 2. The Bertz CT molecular complexity index is 674. The molecule has 120 valence electrons. The molecule has 3 heterocycles. The topological polar surface area (TPSA) is 118 Å². The second kappa shape index (κ2) is 5.81. The van der Waals surface area contributed by atoms with Gasteiger partial charge in [0.05, 0.1) is 5.39 Å². The largest absolute Gasteiger partial charge is 0.387 e. The SMILES string of the molecule is CCc1cn([C@@H]2O[C@H](CN)[C@@H](O)[C@H]2O)c2ncnc(NC)c12. The smallest absolute Gasteiger partial charge is 0.164 e. The van der Waals surface area contributed by atoms with Crippen LogP contribution in [-0.4, -0.2) is 56.7 Å². The molecule has 1 aliphatic rings. The van der Waals surface area contributed by atoms with Crippen LogP contribution in [-0.2, 0) is 11.2 Å². The summed E-state index contributed by atoms with van der Waals surface area (Å²) in [7, 11) is 1.80. The van der Waals surface area contributed by atoms with Crippen molar-refractivity contribution in [3.05, 3.63) is 18.1 Å². The molecule has 0 unspecified atom stereocenters. The molecule has 2 aromatic heterocycles. The van der Waals surface area contributed by atoms with Crippen LogP contribution in [0.15, 0.2) is 12.5 Å². The summed E-state index contributed by atoms with van der Waals surface area (Å²) >= 11 is 0. The fraction of sp³-hybridized carbons (Fsp3) is 0.571. The van der Waals surface area contributed by atoms with E-state index in [-0.39, 0.29) is 6.54 Å². The van der Waals surface area contributed by atoms with Gasteiger partial charge in [-0.1, -0.05) is 6.92 Å². The van der Waals surface area contributed by atoms with Crippen LogP contribution in [0, 0.1) is 0 Å². The van der Waals surface area contributed by atoms with Gasteiger partial charge in [0, 0.05) is 19.8 Å². The molecule has 1 aliphatic heterocycles. The fourth-order valence-electron chi connectivity index (χ4n) is 2.97. The zero-order valence-corrected chi connectivity index (χ0v) is 12.6. The molecule has 2 aromatic rings. The van der Waals surface area contributed by atoms with Crippen LogP contribution < -0.4 is 11.1 Å². The molecule has 0 aliphatic carbocycles. The van der Waals surface area contributed by atoms with Crippen molar-refractivity contribution in [1.29, 1.82) is 0 Å². The predicted octanol–water partition coefficient (Wildman–Crippen LogP) is -0.387. The fourth-order valence-corrected chi connectivity index (χ4v) is 2.97. The number of nitrogens with zero attached hydrogens (tertiary/aromatic N) is 3. The predicted molar refractivity (Wildman–Crippen MR) is 81.4 cm³/mol. The van der Waals surface area contributed by atoms with Gasteiger partial charge in [-0.2, -0.15) is 0 Å². The van der Waals surface area contributed by atoms with Crippen LogP contribution in [0.25, 0.3) is 11.0 Å². The average molecular weight is 307 g/mol. The molecule has 0 bridgehead atoms. The molecule has 22 heavy (non-hydrogen) atoms. The minimum Gasteiger partial charge on any atom is -0.387 e. The van der Waals surface area contributed by atoms with Crippen molar-refractivity contribution in [2.45, 2.75) is 37.9 Å². The van der Waals surface area contributed by atoms with E-state index in [4.69, 9.17) is 10.5 Å². The highest BCUT2D eigenvalue weighted by Crippen LogP contribution is 2.34. The first-order chi connectivity index (χ1) is 10.6. The Balaban J connectivity index is 2.12. The Morgan fingerprint density at radius 1 is 1.36 bits per heavy atom. The molecule has 0 amide bonds. The van der Waals surface area contributed by atoms with Crippen molar-refractivity contribution in [3.8, 4) is 0 Å². The molecular formula is C14H21N5O3. The van der Waals surface area contributed by atoms with Gasteiger partial charge in [-0.25, -0.2) is 9.97 Å². The summed E-state index contributed by atoms with van der Waals surface area (Å²) < 4.78 is 7.47. The van der Waals surface area contributed by atoms with Gasteiger partial charge >= 0.3 is 0 Å². The Kier molecular flexibility index (Phi) is 4.00. The third kappa shape index (κ3) is 2.15. The van der Waals surface area contributed by atoms with Gasteiger partial charge in [0.1, 0.15) is 36.1 Å². The minimum atomic E-state index is -1.05. The van der Waals surface area contributed by atoms with Crippen LogP contribution in [0.1, 0.15) is 18.7 Å². The third-order valence-corrected chi connectivity index (χ3v) is 4.15. The highest BCUT2D eigenvalue weighted by Gasteiger charge is 2.43. The van der Waals surface area contributed by atoms with E-state index in [9.17, 15) is 10.2 Å². The second-order valence-corrected chi connectivity index (χ2v) is 5.37. The molecule has 5 N–H and O–H groups in total. The molecule has 3 rings (SSSR count). The number of fused-ring (bicyclic) bond motifs is 1. The number of ether oxygens (including phenoxy) is 1. The van der Waals surface area contributed by atoms with E-state index >= 15 is 0 Å². The molecule has 8 nitrogen and oxygen atoms in total. The quantitative estimate of drug-likeness (QED) is 0.607. The van der Waals surface area contributed by atoms with Crippen molar-refractivity contribution < 1.29 is 14.9 Å². The highest BCUT2D eigenvalue weighted by atomic mass is 16.6. The maximum atomic E-state index is 10.3. The molecule has 0 spiro atoms. The number of aryl methyl sites for hydroxylation is 1. The molecule has 1 saturated heterocycles. The molecule has 8 heteroatoms. The first-order valence-electron chi connectivity index (χ1n) is 7.36. The summed E-state index contributed by atoms with van der Waals surface area (Å²) in [6, 6.07) is 0. The summed E-state index contributed by atoms with van der Waals surface area (Å²) in [5.74, 6) is 0.726. The Labute approximate surface area is 127 Å². The van der Waals surface area contributed by atoms with E-state index in [1.165, 1.54) is 6.33 Å². The summed E-state index contributed by atoms with van der Waals surface area (Å²) in [5.41, 5.74) is 7.28. The number of nitrogens with one attached hydrogen (secondary N) is 1. The lowest BCUT2D eigenvalue weighted by Crippen LogP contribution is -2.35. The van der Waals surface area contributed by atoms with Gasteiger partial charge in [-0.05, 0) is 12.0 Å². The molecule has 0 aromatic carbocycles. The maximum absolute atomic E-state index is 10.3. The van der Waals surface area contributed by atoms with Gasteiger partial charge in [0.2, 0.25) is 0 Å². The van der Waals surface area contributed by atoms with Gasteiger partial charge in [0.15, 0.2) is 6.23 Å². The Hall–Kier alpha value is -1.74. The molecule has 0 saturated carbocycles. The lowest BCUT2D eigenvalue weighted by molar-refractivity contribution is -0.0319. The summed E-state index contributed by atoms with van der Waals surface area (Å²) in [6.07, 6.45) is 0.767. The number of hydrogen-bond donors (Lipinski definition) is 4. The lowest BCUT2D eigenvalue weighted by atomic mass is 10.1. The van der Waals surface area contributed by atoms with Crippen LogP contribution in [0.3, 0.4) is 0 Å². The van der Waals surface area contributed by atoms with Gasteiger partial charge in [0.25, 0.3) is 0 Å². The number of hydrogen-bond acceptors (Lipinski definition) is 7. The van der Waals surface area contributed by atoms with E-state index in [0.717, 1.165) is 23.2 Å². The van der Waals surface area contributed by atoms with E-state index in [0.29, 0.717) is 5.65 Å². The van der Waals surface area contributed by atoms with Crippen LogP contribution in [0.5, 0.6) is 0 Å². The van der Waals surface area contributed by atoms with Crippen molar-refractivity contribution in [2.24, 2.45) is 5.73 Å². The average Bonchev–Trinajstić information content (AvgIpc) is 3.06. The van der Waals surface area contributed by atoms with E-state index in [1.54, 1.807) is 11.6 Å². The molecule has 1 fully saturated rings. The molecular weight excluding hydrogens is 286 g/mol. The normalized spacial score (nSPS) is 28.4.